The number of halogens is 2. The van der Waals surface area contributed by atoms with Crippen LogP contribution in [0.15, 0.2) is 24.4 Å². The van der Waals surface area contributed by atoms with Crippen LogP contribution in [0.5, 0.6) is 11.5 Å². The van der Waals surface area contributed by atoms with Crippen LogP contribution in [0, 0.1) is 6.92 Å². The van der Waals surface area contributed by atoms with E-state index in [0.717, 1.165) is 27.7 Å². The van der Waals surface area contributed by atoms with Gasteiger partial charge in [-0.15, -0.1) is 0 Å². The Balaban J connectivity index is 1.96. The topological polar surface area (TPSA) is 67.7 Å². The fourth-order valence-electron chi connectivity index (χ4n) is 3.92. The summed E-state index contributed by atoms with van der Waals surface area (Å²) in [4.78, 5) is 11.4. The van der Waals surface area contributed by atoms with Crippen LogP contribution < -0.4 is 14.4 Å². The standard InChI is InChI=1S/C22H23Cl2N3O3/c1-12-17(29-2)10-18(30-3)21(24)20(12)16-8-13-11-25-19(23)9-15(13)22(26-16)27-6-4-14(28)5-7-27/h8-11,14,28H,4-7H2,1-3H3. The first kappa shape index (κ1) is 21.0. The number of pyridine rings is 2. The Kier molecular flexibility index (Phi) is 5.91. The summed E-state index contributed by atoms with van der Waals surface area (Å²) in [5.74, 6) is 1.99. The predicted octanol–water partition coefficient (Wildman–Crippen LogP) is 4.89. The first-order valence-electron chi connectivity index (χ1n) is 9.73. The number of benzene rings is 1. The lowest BCUT2D eigenvalue weighted by atomic mass is 10.0. The maximum Gasteiger partial charge on any atom is 0.141 e. The normalized spacial score (nSPS) is 14.9. The summed E-state index contributed by atoms with van der Waals surface area (Å²) >= 11 is 12.9. The number of aliphatic hydroxyl groups excluding tert-OH is 1. The SMILES string of the molecule is COc1cc(OC)c(Cl)c(-c2cc3cnc(Cl)cc3c(N3CCC(O)CC3)n2)c1C. The number of aliphatic hydroxyl groups is 1. The Bertz CT molecular complexity index is 1070. The maximum atomic E-state index is 9.93. The van der Waals surface area contributed by atoms with Gasteiger partial charge < -0.3 is 19.5 Å². The van der Waals surface area contributed by atoms with Crippen molar-refractivity contribution < 1.29 is 14.6 Å². The second-order valence-electron chi connectivity index (χ2n) is 7.37. The van der Waals surface area contributed by atoms with E-state index in [0.29, 0.717) is 53.3 Å². The summed E-state index contributed by atoms with van der Waals surface area (Å²) in [6.45, 7) is 3.37. The summed E-state index contributed by atoms with van der Waals surface area (Å²) in [5, 5.41) is 12.6. The Labute approximate surface area is 185 Å². The van der Waals surface area contributed by atoms with Gasteiger partial charge in [0, 0.05) is 47.3 Å². The number of ether oxygens (including phenoxy) is 2. The lowest BCUT2D eigenvalue weighted by Crippen LogP contribution is -2.36. The van der Waals surface area contributed by atoms with Gasteiger partial charge in [-0.2, -0.15) is 0 Å². The molecule has 2 aromatic heterocycles. The molecule has 6 nitrogen and oxygen atoms in total. The molecule has 8 heteroatoms. The highest BCUT2D eigenvalue weighted by molar-refractivity contribution is 6.35. The summed E-state index contributed by atoms with van der Waals surface area (Å²) in [6.07, 6.45) is 2.85. The monoisotopic (exact) mass is 447 g/mol. The van der Waals surface area contributed by atoms with E-state index < -0.39 is 0 Å². The van der Waals surface area contributed by atoms with Crippen molar-refractivity contribution in [3.05, 3.63) is 40.1 Å². The fraction of sp³-hybridized carbons (Fsp3) is 0.364. The second kappa shape index (κ2) is 8.46. The van der Waals surface area contributed by atoms with Crippen LogP contribution in [-0.4, -0.2) is 48.5 Å². The van der Waals surface area contributed by atoms with Gasteiger partial charge in [0.25, 0.3) is 0 Å². The summed E-state index contributed by atoms with van der Waals surface area (Å²) < 4.78 is 11.0. The van der Waals surface area contributed by atoms with Crippen LogP contribution in [-0.2, 0) is 0 Å². The lowest BCUT2D eigenvalue weighted by Gasteiger charge is -2.31. The number of nitrogens with zero attached hydrogens (tertiary/aromatic N) is 3. The molecule has 0 spiro atoms. The van der Waals surface area contributed by atoms with E-state index in [4.69, 9.17) is 37.7 Å². The quantitative estimate of drug-likeness (QED) is 0.574. The van der Waals surface area contributed by atoms with Crippen molar-refractivity contribution in [3.8, 4) is 22.8 Å². The molecule has 0 saturated carbocycles. The van der Waals surface area contributed by atoms with Gasteiger partial charge in [0.1, 0.15) is 22.5 Å². The molecule has 0 unspecified atom stereocenters. The number of piperidine rings is 1. The zero-order valence-corrected chi connectivity index (χ0v) is 18.6. The smallest absolute Gasteiger partial charge is 0.141 e. The van der Waals surface area contributed by atoms with E-state index in [-0.39, 0.29) is 6.10 Å². The van der Waals surface area contributed by atoms with Crippen molar-refractivity contribution in [2.24, 2.45) is 0 Å². The van der Waals surface area contributed by atoms with Gasteiger partial charge in [-0.25, -0.2) is 9.97 Å². The van der Waals surface area contributed by atoms with Crippen molar-refractivity contribution in [3.63, 3.8) is 0 Å². The highest BCUT2D eigenvalue weighted by atomic mass is 35.5. The molecule has 1 aliphatic heterocycles. The molecule has 0 radical (unpaired) electrons. The van der Waals surface area contributed by atoms with E-state index in [1.807, 2.05) is 19.1 Å². The molecule has 0 aliphatic carbocycles. The summed E-state index contributed by atoms with van der Waals surface area (Å²) in [5.41, 5.74) is 2.33. The summed E-state index contributed by atoms with van der Waals surface area (Å²) in [6, 6.07) is 5.55. The first-order chi connectivity index (χ1) is 14.4. The van der Waals surface area contributed by atoms with Crippen molar-refractivity contribution >= 4 is 39.8 Å². The molecule has 1 fully saturated rings. The van der Waals surface area contributed by atoms with E-state index >= 15 is 0 Å². The molecule has 1 aliphatic rings. The van der Waals surface area contributed by atoms with Crippen molar-refractivity contribution in [2.75, 3.05) is 32.2 Å². The number of fused-ring (bicyclic) bond motifs is 1. The van der Waals surface area contributed by atoms with Crippen molar-refractivity contribution in [1.29, 1.82) is 0 Å². The number of methoxy groups -OCH3 is 2. The van der Waals surface area contributed by atoms with Gasteiger partial charge in [-0.3, -0.25) is 0 Å². The van der Waals surface area contributed by atoms with Crippen LogP contribution in [0.3, 0.4) is 0 Å². The lowest BCUT2D eigenvalue weighted by molar-refractivity contribution is 0.145. The highest BCUT2D eigenvalue weighted by Crippen LogP contribution is 2.43. The Morgan fingerprint density at radius 3 is 2.43 bits per heavy atom. The van der Waals surface area contributed by atoms with Crippen molar-refractivity contribution in [2.45, 2.75) is 25.9 Å². The summed E-state index contributed by atoms with van der Waals surface area (Å²) in [7, 11) is 3.19. The molecule has 0 bridgehead atoms. The van der Waals surface area contributed by atoms with Crippen LogP contribution in [0.2, 0.25) is 10.2 Å². The molecule has 158 valence electrons. The molecule has 0 atom stereocenters. The molecule has 1 N–H and O–H groups in total. The number of rotatable bonds is 4. The molecule has 1 aromatic carbocycles. The average Bonchev–Trinajstić information content (AvgIpc) is 2.74. The molecule has 3 heterocycles. The minimum Gasteiger partial charge on any atom is -0.496 e. The van der Waals surface area contributed by atoms with Crippen LogP contribution in [0.1, 0.15) is 18.4 Å². The van der Waals surface area contributed by atoms with Crippen molar-refractivity contribution in [1.82, 2.24) is 9.97 Å². The minimum atomic E-state index is -0.278. The second-order valence-corrected chi connectivity index (χ2v) is 8.14. The van der Waals surface area contributed by atoms with Crippen LogP contribution >= 0.6 is 23.2 Å². The molecule has 0 amide bonds. The van der Waals surface area contributed by atoms with Gasteiger partial charge in [0.2, 0.25) is 0 Å². The molecule has 30 heavy (non-hydrogen) atoms. The number of anilines is 1. The largest absolute Gasteiger partial charge is 0.496 e. The third-order valence-electron chi connectivity index (χ3n) is 5.56. The van der Waals surface area contributed by atoms with Gasteiger partial charge in [-0.1, -0.05) is 23.2 Å². The minimum absolute atomic E-state index is 0.278. The molecule has 1 saturated heterocycles. The molecule has 4 rings (SSSR count). The Hall–Kier alpha value is -2.28. The highest BCUT2D eigenvalue weighted by Gasteiger charge is 2.24. The van der Waals surface area contributed by atoms with Gasteiger partial charge in [-0.05, 0) is 31.9 Å². The third kappa shape index (κ3) is 3.75. The zero-order chi connectivity index (χ0) is 21.4. The first-order valence-corrected chi connectivity index (χ1v) is 10.5. The molecule has 3 aromatic rings. The number of aromatic nitrogens is 2. The molecular formula is C22H23Cl2N3O3. The van der Waals surface area contributed by atoms with E-state index in [1.54, 1.807) is 26.5 Å². The Morgan fingerprint density at radius 2 is 1.77 bits per heavy atom. The van der Waals surface area contributed by atoms with Gasteiger partial charge in [0.05, 0.1) is 31.0 Å². The van der Waals surface area contributed by atoms with Crippen LogP contribution in [0.25, 0.3) is 22.0 Å². The Morgan fingerprint density at radius 1 is 1.07 bits per heavy atom. The zero-order valence-electron chi connectivity index (χ0n) is 17.1. The predicted molar refractivity (Wildman–Crippen MR) is 120 cm³/mol. The van der Waals surface area contributed by atoms with Gasteiger partial charge in [0.15, 0.2) is 0 Å². The number of hydrogen-bond donors (Lipinski definition) is 1. The molecular weight excluding hydrogens is 425 g/mol. The van der Waals surface area contributed by atoms with E-state index in [1.165, 1.54) is 0 Å². The average molecular weight is 448 g/mol. The van der Waals surface area contributed by atoms with E-state index in [9.17, 15) is 5.11 Å². The van der Waals surface area contributed by atoms with Gasteiger partial charge >= 0.3 is 0 Å². The van der Waals surface area contributed by atoms with Crippen LogP contribution in [0.4, 0.5) is 5.82 Å². The van der Waals surface area contributed by atoms with E-state index in [2.05, 4.69) is 9.88 Å². The third-order valence-corrected chi connectivity index (χ3v) is 6.15. The fourth-order valence-corrected chi connectivity index (χ4v) is 4.44. The maximum absolute atomic E-state index is 9.93. The number of hydrogen-bond acceptors (Lipinski definition) is 6.